The van der Waals surface area contributed by atoms with Crippen LogP contribution in [0.25, 0.3) is 0 Å². The van der Waals surface area contributed by atoms with Crippen LogP contribution in [0.3, 0.4) is 0 Å². The van der Waals surface area contributed by atoms with Crippen LogP contribution in [0.4, 0.5) is 0 Å². The van der Waals surface area contributed by atoms with E-state index < -0.39 is 0 Å². The van der Waals surface area contributed by atoms with Gasteiger partial charge in [0.05, 0.1) is 11.6 Å². The molecule has 1 aliphatic rings. The van der Waals surface area contributed by atoms with Crippen molar-refractivity contribution >= 4 is 23.2 Å². The Balaban J connectivity index is 2.25. The summed E-state index contributed by atoms with van der Waals surface area (Å²) >= 11 is 12.8. The van der Waals surface area contributed by atoms with Crippen molar-refractivity contribution in [1.82, 2.24) is 5.32 Å². The zero-order valence-corrected chi connectivity index (χ0v) is 13.9. The van der Waals surface area contributed by atoms with Crippen molar-refractivity contribution in [2.45, 2.75) is 39.7 Å². The minimum Gasteiger partial charge on any atom is -0.492 e. The van der Waals surface area contributed by atoms with Gasteiger partial charge in [0.25, 0.3) is 0 Å². The molecule has 0 saturated heterocycles. The summed E-state index contributed by atoms with van der Waals surface area (Å²) in [6.07, 6.45) is 2.36. The van der Waals surface area contributed by atoms with Crippen LogP contribution >= 0.6 is 23.2 Å². The molecule has 3 atom stereocenters. The van der Waals surface area contributed by atoms with Gasteiger partial charge in [0.15, 0.2) is 0 Å². The van der Waals surface area contributed by atoms with E-state index in [2.05, 4.69) is 19.2 Å². The van der Waals surface area contributed by atoms with Crippen LogP contribution in [0.15, 0.2) is 12.1 Å². The first-order valence-corrected chi connectivity index (χ1v) is 8.19. The van der Waals surface area contributed by atoms with Crippen LogP contribution in [-0.2, 0) is 0 Å². The monoisotopic (exact) mass is 315 g/mol. The van der Waals surface area contributed by atoms with Gasteiger partial charge in [0, 0.05) is 17.1 Å². The molecule has 112 valence electrons. The second-order valence-corrected chi connectivity index (χ2v) is 6.36. The Hall–Kier alpha value is -0.440. The van der Waals surface area contributed by atoms with Crippen molar-refractivity contribution in [2.24, 2.45) is 11.8 Å². The molecule has 2 rings (SSSR count). The van der Waals surface area contributed by atoms with Gasteiger partial charge in [0.1, 0.15) is 5.75 Å². The Bertz CT molecular complexity index is 464. The summed E-state index contributed by atoms with van der Waals surface area (Å²) in [7, 11) is 0. The average Bonchev–Trinajstić information content (AvgIpc) is 3.12. The van der Waals surface area contributed by atoms with Crippen LogP contribution in [-0.4, -0.2) is 13.2 Å². The summed E-state index contributed by atoms with van der Waals surface area (Å²) < 4.78 is 5.49. The van der Waals surface area contributed by atoms with Crippen molar-refractivity contribution in [3.05, 3.63) is 27.7 Å². The molecular formula is C16H23Cl2NO. The molecule has 0 amide bonds. The van der Waals surface area contributed by atoms with E-state index in [4.69, 9.17) is 27.9 Å². The van der Waals surface area contributed by atoms with Crippen LogP contribution in [0, 0.1) is 11.8 Å². The molecule has 0 spiro atoms. The highest BCUT2D eigenvalue weighted by Crippen LogP contribution is 2.49. The van der Waals surface area contributed by atoms with E-state index in [-0.39, 0.29) is 0 Å². The first-order valence-electron chi connectivity index (χ1n) is 7.43. The Kier molecular flexibility index (Phi) is 5.59. The number of nitrogens with one attached hydrogen (secondary N) is 1. The molecule has 1 aromatic carbocycles. The van der Waals surface area contributed by atoms with E-state index >= 15 is 0 Å². The topological polar surface area (TPSA) is 21.3 Å². The number of hydrogen-bond donors (Lipinski definition) is 1. The summed E-state index contributed by atoms with van der Waals surface area (Å²) in [5.41, 5.74) is 1.10. The van der Waals surface area contributed by atoms with Crippen molar-refractivity contribution in [3.63, 3.8) is 0 Å². The quantitative estimate of drug-likeness (QED) is 0.756. The molecule has 3 unspecified atom stereocenters. The number of hydrogen-bond acceptors (Lipinski definition) is 2. The summed E-state index contributed by atoms with van der Waals surface area (Å²) in [4.78, 5) is 0. The molecule has 0 radical (unpaired) electrons. The van der Waals surface area contributed by atoms with Gasteiger partial charge in [-0.15, -0.1) is 0 Å². The first-order chi connectivity index (χ1) is 9.58. The number of halogens is 2. The molecule has 1 fully saturated rings. The second kappa shape index (κ2) is 7.02. The van der Waals surface area contributed by atoms with Gasteiger partial charge in [0.2, 0.25) is 0 Å². The molecular weight excluding hydrogens is 293 g/mol. The molecule has 1 N–H and O–H groups in total. The summed E-state index contributed by atoms with van der Waals surface area (Å²) in [6, 6.07) is 4.11. The summed E-state index contributed by atoms with van der Waals surface area (Å²) in [5, 5.41) is 5.00. The summed E-state index contributed by atoms with van der Waals surface area (Å²) in [5.74, 6) is 2.08. The van der Waals surface area contributed by atoms with Crippen LogP contribution in [0.2, 0.25) is 10.0 Å². The van der Waals surface area contributed by atoms with Gasteiger partial charge in [-0.05, 0) is 49.8 Å². The van der Waals surface area contributed by atoms with E-state index in [1.807, 2.05) is 19.1 Å². The predicted octanol–water partition coefficient (Wildman–Crippen LogP) is 5.09. The first kappa shape index (κ1) is 15.9. The van der Waals surface area contributed by atoms with Gasteiger partial charge in [-0.1, -0.05) is 37.0 Å². The zero-order valence-electron chi connectivity index (χ0n) is 12.4. The van der Waals surface area contributed by atoms with E-state index in [0.717, 1.165) is 29.5 Å². The normalized spacial score (nSPS) is 22.6. The molecule has 0 aromatic heterocycles. The number of benzene rings is 1. The van der Waals surface area contributed by atoms with E-state index in [1.54, 1.807) is 0 Å². The van der Waals surface area contributed by atoms with E-state index in [9.17, 15) is 0 Å². The van der Waals surface area contributed by atoms with Crippen molar-refractivity contribution in [2.75, 3.05) is 13.2 Å². The molecule has 0 aliphatic heterocycles. The Morgan fingerprint density at radius 3 is 2.55 bits per heavy atom. The molecule has 4 heteroatoms. The third-order valence-electron chi connectivity index (χ3n) is 3.90. The molecule has 1 aromatic rings. The smallest absolute Gasteiger partial charge is 0.139 e. The van der Waals surface area contributed by atoms with Crippen molar-refractivity contribution in [3.8, 4) is 5.75 Å². The maximum Gasteiger partial charge on any atom is 0.139 e. The van der Waals surface area contributed by atoms with Gasteiger partial charge in [-0.2, -0.15) is 0 Å². The highest BCUT2D eigenvalue weighted by molar-refractivity contribution is 6.34. The van der Waals surface area contributed by atoms with E-state index in [1.165, 1.54) is 6.42 Å². The lowest BCUT2D eigenvalue weighted by molar-refractivity contribution is 0.340. The Labute approximate surface area is 131 Å². The molecule has 1 aliphatic carbocycles. The zero-order chi connectivity index (χ0) is 14.7. The average molecular weight is 316 g/mol. The summed E-state index contributed by atoms with van der Waals surface area (Å²) in [6.45, 7) is 7.99. The molecule has 0 heterocycles. The van der Waals surface area contributed by atoms with Crippen LogP contribution in [0.5, 0.6) is 5.75 Å². The fourth-order valence-corrected chi connectivity index (χ4v) is 3.15. The molecule has 2 nitrogen and oxygen atoms in total. The van der Waals surface area contributed by atoms with Gasteiger partial charge in [-0.3, -0.25) is 0 Å². The largest absolute Gasteiger partial charge is 0.492 e. The van der Waals surface area contributed by atoms with Crippen molar-refractivity contribution < 1.29 is 4.74 Å². The highest BCUT2D eigenvalue weighted by Gasteiger charge is 2.40. The number of ether oxygens (including phenoxy) is 1. The third-order valence-corrected chi connectivity index (χ3v) is 4.52. The Morgan fingerprint density at radius 2 is 2.00 bits per heavy atom. The minimum absolute atomic E-state index is 0.297. The number of rotatable bonds is 7. The standard InChI is InChI=1S/C16H23Cl2NO/c1-4-6-19-16(11-7-10(11)3)12-8-14(18)15(20-5-2)9-13(12)17/h8-11,16,19H,4-7H2,1-3H3. The Morgan fingerprint density at radius 1 is 1.30 bits per heavy atom. The van der Waals surface area contributed by atoms with Gasteiger partial charge >= 0.3 is 0 Å². The van der Waals surface area contributed by atoms with Crippen molar-refractivity contribution in [1.29, 1.82) is 0 Å². The van der Waals surface area contributed by atoms with Gasteiger partial charge < -0.3 is 10.1 Å². The molecule has 20 heavy (non-hydrogen) atoms. The van der Waals surface area contributed by atoms with E-state index in [0.29, 0.717) is 29.3 Å². The molecule has 0 bridgehead atoms. The highest BCUT2D eigenvalue weighted by atomic mass is 35.5. The minimum atomic E-state index is 0.297. The van der Waals surface area contributed by atoms with Gasteiger partial charge in [-0.25, -0.2) is 0 Å². The molecule has 1 saturated carbocycles. The second-order valence-electron chi connectivity index (χ2n) is 5.55. The lowest BCUT2D eigenvalue weighted by atomic mass is 10.0. The SMILES string of the molecule is CCCNC(c1cc(Cl)c(OCC)cc1Cl)C1CC1C. The fraction of sp³-hybridized carbons (Fsp3) is 0.625. The van der Waals surface area contributed by atoms with Crippen LogP contribution in [0.1, 0.15) is 45.2 Å². The third kappa shape index (κ3) is 3.60. The maximum absolute atomic E-state index is 6.45. The maximum atomic E-state index is 6.45. The lowest BCUT2D eigenvalue weighted by Crippen LogP contribution is -2.24. The van der Waals surface area contributed by atoms with Crippen LogP contribution < -0.4 is 10.1 Å². The fourth-order valence-electron chi connectivity index (χ4n) is 2.66. The lowest BCUT2D eigenvalue weighted by Gasteiger charge is -2.21. The predicted molar refractivity (Wildman–Crippen MR) is 85.9 cm³/mol.